The van der Waals surface area contributed by atoms with E-state index < -0.39 is 33.4 Å². The van der Waals surface area contributed by atoms with E-state index >= 15 is 0 Å². The van der Waals surface area contributed by atoms with Crippen molar-refractivity contribution in [1.82, 2.24) is 0 Å². The summed E-state index contributed by atoms with van der Waals surface area (Å²) >= 11 is 0. The minimum atomic E-state index is -2.10. The first kappa shape index (κ1) is 39.4. The predicted octanol–water partition coefficient (Wildman–Crippen LogP) is 11.4. The van der Waals surface area contributed by atoms with Crippen LogP contribution in [0.4, 0.5) is 0 Å². The molecule has 5 aliphatic carbocycles. The molecule has 0 aliphatic heterocycles. The van der Waals surface area contributed by atoms with Crippen molar-refractivity contribution in [3.63, 3.8) is 0 Å². The van der Waals surface area contributed by atoms with Crippen LogP contribution in [0.25, 0.3) is 0 Å². The van der Waals surface area contributed by atoms with Crippen LogP contribution < -0.4 is 0 Å². The van der Waals surface area contributed by atoms with Gasteiger partial charge in [-0.2, -0.15) is 0 Å². The molecule has 5 rings (SSSR count). The zero-order valence-electron chi connectivity index (χ0n) is 33.7. The van der Waals surface area contributed by atoms with Gasteiger partial charge in [0.2, 0.25) is 0 Å². The number of fused-ring (bicyclic) bond motifs is 7. The Morgan fingerprint density at radius 2 is 1.33 bits per heavy atom. The van der Waals surface area contributed by atoms with Crippen molar-refractivity contribution < 1.29 is 23.5 Å². The third-order valence-corrected chi connectivity index (χ3v) is 26.9. The van der Waals surface area contributed by atoms with Gasteiger partial charge in [0.1, 0.15) is 6.29 Å². The molecule has 0 unspecified atom stereocenters. The molecule has 0 bridgehead atoms. The second kappa shape index (κ2) is 13.3. The molecule has 5 nitrogen and oxygen atoms in total. The Bertz CT molecular complexity index is 1270. The third kappa shape index (κ3) is 5.61. The lowest BCUT2D eigenvalue weighted by Gasteiger charge is -2.72. The van der Waals surface area contributed by atoms with Crippen molar-refractivity contribution in [2.24, 2.45) is 50.2 Å². The number of hydrogen-bond acceptors (Lipinski definition) is 4. The lowest BCUT2D eigenvalue weighted by Crippen LogP contribution is -2.69. The van der Waals surface area contributed by atoms with E-state index in [2.05, 4.69) is 89.2 Å². The highest BCUT2D eigenvalue weighted by Crippen LogP contribution is 2.76. The summed E-state index contributed by atoms with van der Waals surface area (Å²) in [7, 11) is -3.99. The number of hydrogen-bond donors (Lipinski definition) is 1. The average molecular weight is 715 g/mol. The zero-order chi connectivity index (χ0) is 36.5. The minimum Gasteiger partial charge on any atom is -0.481 e. The van der Waals surface area contributed by atoms with E-state index in [-0.39, 0.29) is 45.7 Å². The van der Waals surface area contributed by atoms with E-state index in [1.807, 2.05) is 0 Å². The van der Waals surface area contributed by atoms with E-state index in [1.165, 1.54) is 11.9 Å². The molecule has 0 heterocycles. The number of rotatable bonds is 12. The number of allylic oxidation sites excluding steroid dienone is 2. The highest BCUT2D eigenvalue weighted by molar-refractivity contribution is 6.74. The summed E-state index contributed by atoms with van der Waals surface area (Å²) in [5, 5.41) is 11.4. The molecule has 0 aromatic heterocycles. The van der Waals surface area contributed by atoms with Gasteiger partial charge in [-0.05, 0) is 133 Å². The molecule has 4 fully saturated rings. The Labute approximate surface area is 302 Å². The quantitative estimate of drug-likeness (QED) is 0.124. The standard InChI is InChI=1S/C42H74O5Si2/c1-13-48(14-2,15-3)46-34-22-23-38(9)32(39(34,10)29-43)21-24-40(11)33(38)20-19-30-31-27-37(7,8)25-26-42(31,36(44)45)35(28-41(30,40)12)47-49(16-4,17-5)18-6/h19,29,31-35H,13-18,20-28H2,1-12H3,(H,44,45)/t31-,32+,33+,34-,35+,38-,39-,40+,41+,42+/m0/s1. The van der Waals surface area contributed by atoms with Crippen LogP contribution in [0.2, 0.25) is 36.3 Å². The monoisotopic (exact) mass is 715 g/mol. The molecule has 0 aromatic carbocycles. The highest BCUT2D eigenvalue weighted by Gasteiger charge is 2.72. The van der Waals surface area contributed by atoms with E-state index in [1.54, 1.807) is 0 Å². The highest BCUT2D eigenvalue weighted by atomic mass is 28.4. The van der Waals surface area contributed by atoms with Gasteiger partial charge in [-0.1, -0.05) is 94.7 Å². The lowest BCUT2D eigenvalue weighted by atomic mass is 9.33. The van der Waals surface area contributed by atoms with Crippen LogP contribution in [0.15, 0.2) is 11.6 Å². The van der Waals surface area contributed by atoms with E-state index in [4.69, 9.17) is 8.85 Å². The summed E-state index contributed by atoms with van der Waals surface area (Å²) in [4.78, 5) is 27.2. The zero-order valence-corrected chi connectivity index (χ0v) is 35.7. The molecule has 280 valence electrons. The Morgan fingerprint density at radius 3 is 1.84 bits per heavy atom. The van der Waals surface area contributed by atoms with Gasteiger partial charge in [0.05, 0.1) is 23.0 Å². The fourth-order valence-corrected chi connectivity index (χ4v) is 19.4. The summed E-state index contributed by atoms with van der Waals surface area (Å²) in [6.45, 7) is 28.3. The average Bonchev–Trinajstić information content (AvgIpc) is 3.07. The Hall–Kier alpha value is -0.766. The first-order valence-corrected chi connectivity index (χ1v) is 25.7. The number of carbonyl (C=O) groups excluding carboxylic acids is 1. The second-order valence-electron chi connectivity index (χ2n) is 19.5. The molecular formula is C42H74O5Si2. The van der Waals surface area contributed by atoms with E-state index in [0.717, 1.165) is 87.6 Å². The van der Waals surface area contributed by atoms with Crippen LogP contribution in [0.5, 0.6) is 0 Å². The van der Waals surface area contributed by atoms with Crippen molar-refractivity contribution >= 4 is 28.9 Å². The first-order valence-electron chi connectivity index (χ1n) is 20.6. The van der Waals surface area contributed by atoms with Crippen LogP contribution >= 0.6 is 0 Å². The Balaban J connectivity index is 1.61. The number of aliphatic carboxylic acids is 1. The largest absolute Gasteiger partial charge is 0.481 e. The summed E-state index contributed by atoms with van der Waals surface area (Å²) in [5.41, 5.74) is 0.0539. The van der Waals surface area contributed by atoms with Gasteiger partial charge in [-0.3, -0.25) is 4.79 Å². The summed E-state index contributed by atoms with van der Waals surface area (Å²) < 4.78 is 14.7. The normalized spacial score (nSPS) is 43.3. The van der Waals surface area contributed by atoms with Crippen LogP contribution in [0.3, 0.4) is 0 Å². The third-order valence-electron chi connectivity index (χ3n) is 17.6. The number of aldehydes is 1. The van der Waals surface area contributed by atoms with Crippen LogP contribution in [-0.4, -0.2) is 46.2 Å². The van der Waals surface area contributed by atoms with Crippen molar-refractivity contribution in [2.75, 3.05) is 0 Å². The minimum absolute atomic E-state index is 0.00216. The van der Waals surface area contributed by atoms with E-state index in [9.17, 15) is 14.7 Å². The summed E-state index contributed by atoms with van der Waals surface area (Å²) in [6, 6.07) is 6.43. The Morgan fingerprint density at radius 1 is 0.776 bits per heavy atom. The topological polar surface area (TPSA) is 72.8 Å². The number of carboxylic acid groups (broad SMARTS) is 1. The maximum atomic E-state index is 13.8. The SMILES string of the molecule is CC[Si](CC)(CC)O[C@H]1CC[C@]2(C)[C@H]3CC=C4[C@@H]5CC(C)(C)CC[C@]5(C(=O)O)[C@H](O[Si](CC)(CC)CC)C[C@@]4(C)[C@]3(C)CC[C@H]2[C@]1(C)C=O. The van der Waals surface area contributed by atoms with Crippen molar-refractivity contribution in [3.05, 3.63) is 11.6 Å². The molecule has 0 spiro atoms. The molecule has 1 N–H and O–H groups in total. The second-order valence-corrected chi connectivity index (χ2v) is 28.9. The smallest absolute Gasteiger partial charge is 0.312 e. The predicted molar refractivity (Wildman–Crippen MR) is 207 cm³/mol. The van der Waals surface area contributed by atoms with Gasteiger partial charge in [0, 0.05) is 0 Å². The maximum absolute atomic E-state index is 13.8. The molecule has 7 heteroatoms. The summed E-state index contributed by atoms with van der Waals surface area (Å²) in [6.07, 6.45) is 12.1. The van der Waals surface area contributed by atoms with Crippen molar-refractivity contribution in [1.29, 1.82) is 0 Å². The fourth-order valence-electron chi connectivity index (χ4n) is 13.5. The van der Waals surface area contributed by atoms with Gasteiger partial charge >= 0.3 is 5.97 Å². The molecule has 0 saturated heterocycles. The van der Waals surface area contributed by atoms with Gasteiger partial charge in [0.25, 0.3) is 0 Å². The first-order chi connectivity index (χ1) is 22.9. The van der Waals surface area contributed by atoms with E-state index in [0.29, 0.717) is 12.3 Å². The maximum Gasteiger partial charge on any atom is 0.312 e. The fraction of sp³-hybridized carbons (Fsp3) is 0.905. The molecule has 0 aromatic rings. The molecule has 5 aliphatic rings. The van der Waals surface area contributed by atoms with Crippen molar-refractivity contribution in [2.45, 2.75) is 189 Å². The molecule has 49 heavy (non-hydrogen) atoms. The molecular weight excluding hydrogens is 641 g/mol. The van der Waals surface area contributed by atoms with Crippen LogP contribution in [-0.2, 0) is 18.4 Å². The molecule has 0 amide bonds. The van der Waals surface area contributed by atoms with Gasteiger partial charge in [-0.25, -0.2) is 0 Å². The van der Waals surface area contributed by atoms with Crippen LogP contribution in [0, 0.1) is 50.2 Å². The van der Waals surface area contributed by atoms with Gasteiger partial charge < -0.3 is 18.8 Å². The molecule has 10 atom stereocenters. The number of carbonyl (C=O) groups is 2. The number of carboxylic acids is 1. The van der Waals surface area contributed by atoms with Crippen molar-refractivity contribution in [3.8, 4) is 0 Å². The lowest BCUT2D eigenvalue weighted by molar-refractivity contribution is -0.214. The van der Waals surface area contributed by atoms with Gasteiger partial charge in [-0.15, -0.1) is 0 Å². The Kier molecular flexibility index (Phi) is 10.7. The molecule has 4 saturated carbocycles. The summed E-state index contributed by atoms with van der Waals surface area (Å²) in [5.74, 6) is 0.0879. The van der Waals surface area contributed by atoms with Crippen LogP contribution in [0.1, 0.15) is 141 Å². The molecule has 0 radical (unpaired) electrons. The van der Waals surface area contributed by atoms with Gasteiger partial charge in [0.15, 0.2) is 16.6 Å².